The smallest absolute Gasteiger partial charge is 0.321 e. The number of alkyl halides is 3. The number of carbonyl (C=O) groups excluding carboxylic acids is 1. The molecule has 0 bridgehead atoms. The summed E-state index contributed by atoms with van der Waals surface area (Å²) in [6, 6.07) is 13.6. The molecule has 1 amide bonds. The molecule has 158 valence electrons. The van der Waals surface area contributed by atoms with Gasteiger partial charge in [-0.15, -0.1) is 0 Å². The molecule has 2 aromatic heterocycles. The molecule has 1 N–H and O–H groups in total. The molecular weight excluding hydrogens is 520 g/mol. The van der Waals surface area contributed by atoms with E-state index in [9.17, 15) is 18.0 Å². The zero-order chi connectivity index (χ0) is 22.3. The van der Waals surface area contributed by atoms with Gasteiger partial charge in [-0.1, -0.05) is 51.3 Å². The van der Waals surface area contributed by atoms with Crippen molar-refractivity contribution in [2.75, 3.05) is 5.32 Å². The molecule has 11 heteroatoms. The van der Waals surface area contributed by atoms with Gasteiger partial charge in [0.1, 0.15) is 5.02 Å². The summed E-state index contributed by atoms with van der Waals surface area (Å²) in [6.45, 7) is 0. The van der Waals surface area contributed by atoms with Crippen LogP contribution < -0.4 is 5.32 Å². The Morgan fingerprint density at radius 1 is 1.03 bits per heavy atom. The fourth-order valence-electron chi connectivity index (χ4n) is 2.83. The highest BCUT2D eigenvalue weighted by Gasteiger charge is 2.36. The van der Waals surface area contributed by atoms with E-state index < -0.39 is 17.8 Å². The molecule has 4 rings (SSSR count). The summed E-state index contributed by atoms with van der Waals surface area (Å²) < 4.78 is 42.5. The first-order valence-electron chi connectivity index (χ1n) is 8.63. The van der Waals surface area contributed by atoms with Crippen molar-refractivity contribution in [3.05, 3.63) is 80.5 Å². The van der Waals surface area contributed by atoms with Crippen LogP contribution in [0.15, 0.2) is 59.1 Å². The molecule has 31 heavy (non-hydrogen) atoms. The van der Waals surface area contributed by atoms with Crippen LogP contribution in [-0.2, 0) is 6.18 Å². The van der Waals surface area contributed by atoms with Gasteiger partial charge in [0, 0.05) is 20.7 Å². The summed E-state index contributed by atoms with van der Waals surface area (Å²) >= 11 is 15.3. The second-order valence-electron chi connectivity index (χ2n) is 6.39. The second kappa shape index (κ2) is 8.14. The molecule has 0 fully saturated rings. The standard InChI is InChI=1S/C20H10BrCl2F3N4O/c21-11-3-1-10(2-4-11)14-9-15(20(24,25)26)30-18(28-14)16(23)17(29-30)19(31)27-13-7-5-12(22)6-8-13/h1-9H,(H,27,31). The third-order valence-electron chi connectivity index (χ3n) is 4.28. The summed E-state index contributed by atoms with van der Waals surface area (Å²) in [4.78, 5) is 16.9. The number of hydrogen-bond donors (Lipinski definition) is 1. The molecule has 0 saturated carbocycles. The molecule has 0 aliphatic carbocycles. The number of aromatic nitrogens is 3. The normalized spacial score (nSPS) is 11.7. The molecule has 0 radical (unpaired) electrons. The van der Waals surface area contributed by atoms with Crippen molar-refractivity contribution in [2.45, 2.75) is 6.18 Å². The van der Waals surface area contributed by atoms with Crippen molar-refractivity contribution in [3.8, 4) is 11.3 Å². The molecule has 2 heterocycles. The number of carbonyl (C=O) groups is 1. The molecule has 0 aliphatic heterocycles. The van der Waals surface area contributed by atoms with Crippen molar-refractivity contribution >= 4 is 56.4 Å². The van der Waals surface area contributed by atoms with E-state index in [1.54, 1.807) is 36.4 Å². The van der Waals surface area contributed by atoms with Crippen molar-refractivity contribution in [3.63, 3.8) is 0 Å². The second-order valence-corrected chi connectivity index (χ2v) is 8.12. The molecule has 0 saturated heterocycles. The Labute approximate surface area is 191 Å². The number of anilines is 1. The number of hydrogen-bond acceptors (Lipinski definition) is 3. The number of nitrogens with zero attached hydrogens (tertiary/aromatic N) is 3. The van der Waals surface area contributed by atoms with Crippen LogP contribution in [0.5, 0.6) is 0 Å². The summed E-state index contributed by atoms with van der Waals surface area (Å²) in [7, 11) is 0. The number of nitrogens with one attached hydrogen (secondary N) is 1. The maximum atomic E-state index is 13.8. The lowest BCUT2D eigenvalue weighted by Gasteiger charge is -2.11. The summed E-state index contributed by atoms with van der Waals surface area (Å²) in [5.41, 5.74) is -0.914. The molecule has 0 spiro atoms. The van der Waals surface area contributed by atoms with Crippen molar-refractivity contribution in [1.82, 2.24) is 14.6 Å². The van der Waals surface area contributed by atoms with Gasteiger partial charge in [0.15, 0.2) is 17.0 Å². The van der Waals surface area contributed by atoms with Gasteiger partial charge < -0.3 is 5.32 Å². The van der Waals surface area contributed by atoms with Crippen LogP contribution in [0.2, 0.25) is 10.0 Å². The molecule has 2 aromatic carbocycles. The highest BCUT2D eigenvalue weighted by Crippen LogP contribution is 2.35. The summed E-state index contributed by atoms with van der Waals surface area (Å²) in [6.07, 6.45) is -4.76. The monoisotopic (exact) mass is 528 g/mol. The largest absolute Gasteiger partial charge is 0.433 e. The maximum Gasteiger partial charge on any atom is 0.433 e. The Bertz CT molecular complexity index is 1290. The van der Waals surface area contributed by atoms with Crippen molar-refractivity contribution in [1.29, 1.82) is 0 Å². The third-order valence-corrected chi connectivity index (χ3v) is 5.41. The number of fused-ring (bicyclic) bond motifs is 1. The first-order chi connectivity index (χ1) is 14.6. The first kappa shape index (κ1) is 21.6. The lowest BCUT2D eigenvalue weighted by molar-refractivity contribution is -0.142. The van der Waals surface area contributed by atoms with Gasteiger partial charge in [0.05, 0.1) is 5.69 Å². The fraction of sp³-hybridized carbons (Fsp3) is 0.0500. The van der Waals surface area contributed by atoms with Crippen LogP contribution in [0.4, 0.5) is 18.9 Å². The topological polar surface area (TPSA) is 59.3 Å². The average molecular weight is 530 g/mol. The minimum Gasteiger partial charge on any atom is -0.321 e. The van der Waals surface area contributed by atoms with E-state index in [0.29, 0.717) is 20.8 Å². The predicted molar refractivity (Wildman–Crippen MR) is 116 cm³/mol. The van der Waals surface area contributed by atoms with E-state index in [0.717, 1.165) is 10.5 Å². The molecule has 5 nitrogen and oxygen atoms in total. The van der Waals surface area contributed by atoms with E-state index in [-0.39, 0.29) is 22.1 Å². The van der Waals surface area contributed by atoms with Gasteiger partial charge in [-0.3, -0.25) is 4.79 Å². The van der Waals surface area contributed by atoms with Crippen LogP contribution >= 0.6 is 39.1 Å². The molecule has 0 aliphatic rings. The van der Waals surface area contributed by atoms with Gasteiger partial charge >= 0.3 is 6.18 Å². The lowest BCUT2D eigenvalue weighted by Crippen LogP contribution is -2.15. The Balaban J connectivity index is 1.83. The molecule has 0 unspecified atom stereocenters. The highest BCUT2D eigenvalue weighted by molar-refractivity contribution is 9.10. The van der Waals surface area contributed by atoms with E-state index in [2.05, 4.69) is 31.3 Å². The van der Waals surface area contributed by atoms with Crippen LogP contribution in [0, 0.1) is 0 Å². The number of amides is 1. The minimum atomic E-state index is -4.76. The van der Waals surface area contributed by atoms with Gasteiger partial charge in [0.25, 0.3) is 5.91 Å². The van der Waals surface area contributed by atoms with E-state index in [1.807, 2.05) is 0 Å². The molecular formula is C20H10BrCl2F3N4O. The zero-order valence-corrected chi connectivity index (χ0v) is 18.3. The third kappa shape index (κ3) is 4.39. The van der Waals surface area contributed by atoms with Gasteiger partial charge in [0.2, 0.25) is 0 Å². The highest BCUT2D eigenvalue weighted by atomic mass is 79.9. The zero-order valence-electron chi connectivity index (χ0n) is 15.2. The number of halogens is 6. The van der Waals surface area contributed by atoms with Crippen LogP contribution in [0.25, 0.3) is 16.9 Å². The van der Waals surface area contributed by atoms with Crippen LogP contribution in [-0.4, -0.2) is 20.5 Å². The fourth-order valence-corrected chi connectivity index (χ4v) is 3.47. The SMILES string of the molecule is O=C(Nc1ccc(Cl)cc1)c1nn2c(C(F)(F)F)cc(-c3ccc(Br)cc3)nc2c1Cl. The van der Waals surface area contributed by atoms with E-state index in [1.165, 1.54) is 12.1 Å². The Morgan fingerprint density at radius 2 is 1.68 bits per heavy atom. The number of rotatable bonds is 3. The predicted octanol–water partition coefficient (Wildman–Crippen LogP) is 6.74. The van der Waals surface area contributed by atoms with Gasteiger partial charge in [-0.2, -0.15) is 18.3 Å². The quantitative estimate of drug-likeness (QED) is 0.320. The minimum absolute atomic E-state index is 0.0405. The Kier molecular flexibility index (Phi) is 5.67. The van der Waals surface area contributed by atoms with Crippen LogP contribution in [0.1, 0.15) is 16.2 Å². The maximum absolute atomic E-state index is 13.8. The average Bonchev–Trinajstić information content (AvgIpc) is 3.05. The van der Waals surface area contributed by atoms with Crippen molar-refractivity contribution < 1.29 is 18.0 Å². The first-order valence-corrected chi connectivity index (χ1v) is 10.2. The lowest BCUT2D eigenvalue weighted by atomic mass is 10.1. The Hall–Kier alpha value is -2.62. The van der Waals surface area contributed by atoms with E-state index >= 15 is 0 Å². The molecule has 4 aromatic rings. The summed E-state index contributed by atoms with van der Waals surface area (Å²) in [5.74, 6) is -0.781. The van der Waals surface area contributed by atoms with Gasteiger partial charge in [-0.25, -0.2) is 9.50 Å². The summed E-state index contributed by atoms with van der Waals surface area (Å²) in [5, 5.41) is 6.49. The Morgan fingerprint density at radius 3 is 2.29 bits per heavy atom. The van der Waals surface area contributed by atoms with E-state index in [4.69, 9.17) is 23.2 Å². The molecule has 0 atom stereocenters. The van der Waals surface area contributed by atoms with Crippen LogP contribution in [0.3, 0.4) is 0 Å². The van der Waals surface area contributed by atoms with Crippen molar-refractivity contribution in [2.24, 2.45) is 0 Å². The van der Waals surface area contributed by atoms with Gasteiger partial charge in [-0.05, 0) is 42.5 Å². The number of benzene rings is 2.